The Morgan fingerprint density at radius 3 is 2.16 bits per heavy atom. The number of benzene rings is 2. The molecule has 2 heterocycles. The third-order valence-corrected chi connectivity index (χ3v) is 7.66. The van der Waals surface area contributed by atoms with Gasteiger partial charge in [-0.2, -0.15) is 0 Å². The summed E-state index contributed by atoms with van der Waals surface area (Å²) in [6.45, 7) is 0. The van der Waals surface area contributed by atoms with Gasteiger partial charge in [0.05, 0.1) is 29.8 Å². The van der Waals surface area contributed by atoms with Gasteiger partial charge in [-0.25, -0.2) is 4.98 Å². The van der Waals surface area contributed by atoms with Gasteiger partial charge in [0, 0.05) is 0 Å². The van der Waals surface area contributed by atoms with E-state index in [1.807, 2.05) is 12.5 Å². The lowest BCUT2D eigenvalue weighted by Crippen LogP contribution is -2.22. The summed E-state index contributed by atoms with van der Waals surface area (Å²) >= 11 is 0. The predicted molar refractivity (Wildman–Crippen MR) is 129 cm³/mol. The molecule has 2 aliphatic carbocycles. The SMILES string of the molecule is O[C@@H](c1c(C2CC2)ccc2cncn12)[C@H]1CC[C@H](c2ccc(-c3ccccc3)cc2)CC1. The van der Waals surface area contributed by atoms with E-state index in [2.05, 4.69) is 76.1 Å². The summed E-state index contributed by atoms with van der Waals surface area (Å²) in [5, 5.41) is 11.5. The van der Waals surface area contributed by atoms with Crippen molar-refractivity contribution in [1.29, 1.82) is 0 Å². The minimum atomic E-state index is -0.412. The Kier molecular flexibility index (Phi) is 5.07. The van der Waals surface area contributed by atoms with E-state index in [0.29, 0.717) is 17.8 Å². The zero-order chi connectivity index (χ0) is 21.5. The molecular weight excluding hydrogens is 392 g/mol. The molecule has 2 saturated carbocycles. The molecule has 2 aromatic carbocycles. The maximum atomic E-state index is 11.5. The van der Waals surface area contributed by atoms with Crippen LogP contribution in [0.2, 0.25) is 0 Å². The van der Waals surface area contributed by atoms with Crippen molar-refractivity contribution in [1.82, 2.24) is 9.38 Å². The largest absolute Gasteiger partial charge is 0.387 e. The summed E-state index contributed by atoms with van der Waals surface area (Å²) in [5.41, 5.74) is 7.49. The molecule has 4 aromatic rings. The van der Waals surface area contributed by atoms with Gasteiger partial charge in [0.2, 0.25) is 0 Å². The molecule has 3 nitrogen and oxygen atoms in total. The summed E-state index contributed by atoms with van der Waals surface area (Å²) in [6.07, 6.45) is 10.3. The highest BCUT2D eigenvalue weighted by molar-refractivity contribution is 5.63. The average Bonchev–Trinajstić information content (AvgIpc) is 3.60. The van der Waals surface area contributed by atoms with Gasteiger partial charge < -0.3 is 9.51 Å². The zero-order valence-corrected chi connectivity index (χ0v) is 18.4. The Balaban J connectivity index is 1.17. The molecule has 2 fully saturated rings. The van der Waals surface area contributed by atoms with E-state index in [1.165, 1.54) is 35.1 Å². The second kappa shape index (κ2) is 8.22. The number of aliphatic hydroxyl groups excluding tert-OH is 1. The monoisotopic (exact) mass is 422 g/mol. The quantitative estimate of drug-likeness (QED) is 0.380. The van der Waals surface area contributed by atoms with Gasteiger partial charge >= 0.3 is 0 Å². The molecule has 2 aromatic heterocycles. The van der Waals surface area contributed by atoms with Gasteiger partial charge in [-0.05, 0) is 84.6 Å². The van der Waals surface area contributed by atoms with Crippen LogP contribution in [0.5, 0.6) is 0 Å². The number of nitrogens with zero attached hydrogens (tertiary/aromatic N) is 2. The zero-order valence-electron chi connectivity index (χ0n) is 18.4. The third-order valence-electron chi connectivity index (χ3n) is 7.66. The summed E-state index contributed by atoms with van der Waals surface area (Å²) in [4.78, 5) is 4.34. The van der Waals surface area contributed by atoms with E-state index in [9.17, 15) is 5.11 Å². The van der Waals surface area contributed by atoms with Crippen LogP contribution in [-0.4, -0.2) is 14.5 Å². The van der Waals surface area contributed by atoms with Gasteiger partial charge in [-0.3, -0.25) is 0 Å². The molecule has 0 spiro atoms. The predicted octanol–water partition coefficient (Wildman–Crippen LogP) is 6.89. The number of aliphatic hydroxyl groups is 1. The molecule has 1 atom stereocenters. The molecule has 0 aliphatic heterocycles. The number of rotatable bonds is 5. The fourth-order valence-electron chi connectivity index (χ4n) is 5.65. The topological polar surface area (TPSA) is 37.5 Å². The van der Waals surface area contributed by atoms with Crippen molar-refractivity contribution >= 4 is 5.52 Å². The van der Waals surface area contributed by atoms with Gasteiger partial charge in [-0.15, -0.1) is 0 Å². The highest BCUT2D eigenvalue weighted by atomic mass is 16.3. The molecule has 6 rings (SSSR count). The second-order valence-corrected chi connectivity index (χ2v) is 9.68. The van der Waals surface area contributed by atoms with Crippen LogP contribution in [-0.2, 0) is 0 Å². The first kappa shape index (κ1) is 19.8. The van der Waals surface area contributed by atoms with Crippen molar-refractivity contribution in [3.8, 4) is 11.1 Å². The number of hydrogen-bond acceptors (Lipinski definition) is 2. The average molecular weight is 423 g/mol. The van der Waals surface area contributed by atoms with Crippen LogP contribution in [0.25, 0.3) is 16.6 Å². The second-order valence-electron chi connectivity index (χ2n) is 9.68. The summed E-state index contributed by atoms with van der Waals surface area (Å²) in [5.74, 6) is 1.53. The fraction of sp³-hybridized carbons (Fsp3) is 0.345. The summed E-state index contributed by atoms with van der Waals surface area (Å²) < 4.78 is 2.13. The Morgan fingerprint density at radius 2 is 1.44 bits per heavy atom. The third kappa shape index (κ3) is 3.65. The molecular formula is C29H30N2O. The van der Waals surface area contributed by atoms with Crippen molar-refractivity contribution in [2.45, 2.75) is 56.5 Å². The molecule has 32 heavy (non-hydrogen) atoms. The number of aromatic nitrogens is 2. The lowest BCUT2D eigenvalue weighted by molar-refractivity contribution is 0.0754. The minimum absolute atomic E-state index is 0.320. The van der Waals surface area contributed by atoms with Gasteiger partial charge in [0.25, 0.3) is 0 Å². The van der Waals surface area contributed by atoms with Gasteiger partial charge in [0.15, 0.2) is 0 Å². The smallest absolute Gasteiger partial charge is 0.0995 e. The van der Waals surface area contributed by atoms with Crippen molar-refractivity contribution in [2.75, 3.05) is 0 Å². The van der Waals surface area contributed by atoms with Crippen LogP contribution in [0.15, 0.2) is 79.3 Å². The van der Waals surface area contributed by atoms with E-state index >= 15 is 0 Å². The highest BCUT2D eigenvalue weighted by Crippen LogP contribution is 2.47. The number of fused-ring (bicyclic) bond motifs is 1. The molecule has 0 amide bonds. The van der Waals surface area contributed by atoms with Gasteiger partial charge in [-0.1, -0.05) is 60.7 Å². The molecule has 0 unspecified atom stereocenters. The van der Waals surface area contributed by atoms with Gasteiger partial charge in [0.1, 0.15) is 0 Å². The lowest BCUT2D eigenvalue weighted by atomic mass is 9.75. The van der Waals surface area contributed by atoms with E-state index in [-0.39, 0.29) is 0 Å². The standard InChI is InChI=1S/C29H30N2O/c32-29(28-27(24-12-13-24)17-16-26-18-30-19-31(26)28)25-14-10-23(11-15-25)22-8-6-21(7-9-22)20-4-2-1-3-5-20/h1-9,16-19,23-25,29,32H,10-15H2/t23-,25-,29-/m1/s1. The summed E-state index contributed by atoms with van der Waals surface area (Å²) in [7, 11) is 0. The molecule has 1 N–H and O–H groups in total. The number of hydrogen-bond donors (Lipinski definition) is 1. The Bertz CT molecular complexity index is 1200. The van der Waals surface area contributed by atoms with Crippen molar-refractivity contribution in [3.63, 3.8) is 0 Å². The maximum absolute atomic E-state index is 11.5. The van der Waals surface area contributed by atoms with Crippen LogP contribution in [0.3, 0.4) is 0 Å². The minimum Gasteiger partial charge on any atom is -0.387 e. The van der Waals surface area contributed by atoms with Crippen LogP contribution < -0.4 is 0 Å². The van der Waals surface area contributed by atoms with Crippen LogP contribution in [0.1, 0.15) is 73.3 Å². The molecule has 0 radical (unpaired) electrons. The van der Waals surface area contributed by atoms with E-state index in [1.54, 1.807) is 0 Å². The lowest BCUT2D eigenvalue weighted by Gasteiger charge is -2.33. The molecule has 2 aliphatic rings. The molecule has 3 heteroatoms. The maximum Gasteiger partial charge on any atom is 0.0995 e. The number of pyridine rings is 1. The first-order chi connectivity index (χ1) is 15.8. The molecule has 0 saturated heterocycles. The van der Waals surface area contributed by atoms with Crippen molar-refractivity contribution in [2.24, 2.45) is 5.92 Å². The normalized spacial score (nSPS) is 22.2. The van der Waals surface area contributed by atoms with E-state index in [4.69, 9.17) is 0 Å². The molecule has 0 bridgehead atoms. The first-order valence-electron chi connectivity index (χ1n) is 12.1. The molecule has 162 valence electrons. The van der Waals surface area contributed by atoms with E-state index < -0.39 is 6.10 Å². The highest BCUT2D eigenvalue weighted by Gasteiger charge is 2.34. The van der Waals surface area contributed by atoms with E-state index in [0.717, 1.165) is 36.9 Å². The fourth-order valence-corrected chi connectivity index (χ4v) is 5.65. The van der Waals surface area contributed by atoms with Crippen molar-refractivity contribution < 1.29 is 5.11 Å². The number of imidazole rings is 1. The summed E-state index contributed by atoms with van der Waals surface area (Å²) in [6, 6.07) is 24.1. The Hall–Kier alpha value is -2.91. The first-order valence-corrected chi connectivity index (χ1v) is 12.1. The van der Waals surface area contributed by atoms with Crippen molar-refractivity contribution in [3.05, 3.63) is 96.1 Å². The van der Waals surface area contributed by atoms with Crippen LogP contribution >= 0.6 is 0 Å². The van der Waals surface area contributed by atoms with Crippen LogP contribution in [0, 0.1) is 5.92 Å². The Labute approximate surface area is 189 Å². The van der Waals surface area contributed by atoms with Crippen LogP contribution in [0.4, 0.5) is 0 Å². The Morgan fingerprint density at radius 1 is 0.750 bits per heavy atom.